The Hall–Kier alpha value is -6.19. The van der Waals surface area contributed by atoms with Crippen LogP contribution in [0.3, 0.4) is 0 Å². The van der Waals surface area contributed by atoms with Crippen LogP contribution in [0.25, 0.3) is 21.9 Å². The Balaban J connectivity index is 1.22. The van der Waals surface area contributed by atoms with Crippen molar-refractivity contribution in [2.75, 3.05) is 4.90 Å². The summed E-state index contributed by atoms with van der Waals surface area (Å²) >= 11 is 0. The summed E-state index contributed by atoms with van der Waals surface area (Å²) in [6, 6.07) is 57.5. The molecule has 1 aliphatic carbocycles. The number of hydrogen-bond donors (Lipinski definition) is 0. The molecule has 0 saturated carbocycles. The number of benzene rings is 7. The molecule has 0 N–H and O–H groups in total. The van der Waals surface area contributed by atoms with Crippen LogP contribution in [0.1, 0.15) is 63.1 Å². The molecule has 50 heavy (non-hydrogen) atoms. The Kier molecular flexibility index (Phi) is 5.99. The van der Waals surface area contributed by atoms with Gasteiger partial charge in [0.2, 0.25) is 0 Å². The number of hydrogen-bond acceptors (Lipinski definition) is 3. The van der Waals surface area contributed by atoms with Crippen molar-refractivity contribution in [2.45, 2.75) is 24.7 Å². The maximum absolute atomic E-state index is 13.9. The maximum Gasteiger partial charge on any atom is 0.193 e. The number of rotatable bonds is 3. The van der Waals surface area contributed by atoms with Crippen LogP contribution in [-0.4, -0.2) is 5.78 Å². The summed E-state index contributed by atoms with van der Waals surface area (Å²) in [5, 5.41) is 2.23. The molecule has 0 fully saturated rings. The summed E-state index contributed by atoms with van der Waals surface area (Å²) in [5.41, 5.74) is 12.5. The normalized spacial score (nSPS) is 15.3. The van der Waals surface area contributed by atoms with E-state index >= 15 is 0 Å². The zero-order valence-electron chi connectivity index (χ0n) is 27.9. The van der Waals surface area contributed by atoms with Gasteiger partial charge in [-0.15, -0.1) is 0 Å². The van der Waals surface area contributed by atoms with Crippen molar-refractivity contribution < 1.29 is 9.21 Å². The third kappa shape index (κ3) is 3.78. The van der Waals surface area contributed by atoms with Gasteiger partial charge in [-0.2, -0.15) is 0 Å². The Morgan fingerprint density at radius 2 is 1.06 bits per heavy atom. The molecular weight excluding hydrogens is 611 g/mol. The van der Waals surface area contributed by atoms with Gasteiger partial charge in [-0.3, -0.25) is 4.79 Å². The molecule has 0 unspecified atom stereocenters. The number of para-hydroxylation sites is 2. The highest BCUT2D eigenvalue weighted by atomic mass is 16.3. The van der Waals surface area contributed by atoms with Gasteiger partial charge >= 0.3 is 0 Å². The molecule has 2 aliphatic rings. The zero-order valence-corrected chi connectivity index (χ0v) is 27.9. The molecule has 10 rings (SSSR count). The monoisotopic (exact) mass is 643 g/mol. The van der Waals surface area contributed by atoms with Gasteiger partial charge in [0.1, 0.15) is 11.2 Å². The number of ketones is 1. The van der Waals surface area contributed by atoms with Gasteiger partial charge < -0.3 is 9.32 Å². The van der Waals surface area contributed by atoms with Gasteiger partial charge in [-0.1, -0.05) is 141 Å². The van der Waals surface area contributed by atoms with Gasteiger partial charge in [0.25, 0.3) is 0 Å². The second-order valence-electron chi connectivity index (χ2n) is 14.0. The van der Waals surface area contributed by atoms with Crippen molar-refractivity contribution in [2.24, 2.45) is 0 Å². The first-order chi connectivity index (χ1) is 24.5. The lowest BCUT2D eigenvalue weighted by Gasteiger charge is -2.43. The molecule has 8 aromatic rings. The average Bonchev–Trinajstić information content (AvgIpc) is 3.53. The summed E-state index contributed by atoms with van der Waals surface area (Å²) in [4.78, 5) is 16.4. The largest absolute Gasteiger partial charge is 0.456 e. The number of carbonyl (C=O) groups excluding carboxylic acids is 1. The van der Waals surface area contributed by atoms with E-state index in [9.17, 15) is 4.79 Å². The fourth-order valence-corrected chi connectivity index (χ4v) is 8.84. The number of nitrogens with zero attached hydrogens (tertiary/aromatic N) is 1. The molecule has 7 aromatic carbocycles. The molecule has 0 spiro atoms. The lowest BCUT2D eigenvalue weighted by atomic mass is 9.59. The van der Waals surface area contributed by atoms with Gasteiger partial charge in [-0.05, 0) is 69.8 Å². The Bertz CT molecular complexity index is 2600. The molecule has 0 amide bonds. The van der Waals surface area contributed by atoms with Crippen molar-refractivity contribution in [3.63, 3.8) is 0 Å². The van der Waals surface area contributed by atoms with Crippen molar-refractivity contribution in [3.05, 3.63) is 208 Å². The van der Waals surface area contributed by atoms with Crippen molar-refractivity contribution >= 4 is 44.8 Å². The number of anilines is 3. The third-order valence-corrected chi connectivity index (χ3v) is 11.1. The van der Waals surface area contributed by atoms with Gasteiger partial charge in [-0.25, -0.2) is 0 Å². The number of furan rings is 1. The van der Waals surface area contributed by atoms with E-state index in [4.69, 9.17) is 4.42 Å². The molecule has 3 heteroatoms. The molecule has 1 aromatic heterocycles. The number of carbonyl (C=O) groups is 1. The topological polar surface area (TPSA) is 33.5 Å². The van der Waals surface area contributed by atoms with Crippen LogP contribution in [-0.2, 0) is 10.8 Å². The van der Waals surface area contributed by atoms with Crippen molar-refractivity contribution in [3.8, 4) is 0 Å². The smallest absolute Gasteiger partial charge is 0.193 e. The minimum absolute atomic E-state index is 0.0709. The predicted octanol–water partition coefficient (Wildman–Crippen LogP) is 11.6. The van der Waals surface area contributed by atoms with Gasteiger partial charge in [0.15, 0.2) is 5.78 Å². The molecular formula is C47H33NO2. The molecule has 3 nitrogen and oxygen atoms in total. The maximum atomic E-state index is 13.9. The third-order valence-electron chi connectivity index (χ3n) is 11.1. The Morgan fingerprint density at radius 3 is 1.78 bits per heavy atom. The van der Waals surface area contributed by atoms with Gasteiger partial charge in [0.05, 0.1) is 16.8 Å². The highest BCUT2D eigenvalue weighted by molar-refractivity contribution is 6.14. The van der Waals surface area contributed by atoms with E-state index in [1.807, 2.05) is 36.4 Å². The van der Waals surface area contributed by atoms with Crippen LogP contribution in [0.2, 0.25) is 0 Å². The highest BCUT2D eigenvalue weighted by Crippen LogP contribution is 2.55. The lowest BCUT2D eigenvalue weighted by Crippen LogP contribution is -2.38. The molecule has 0 saturated heterocycles. The minimum atomic E-state index is -0.678. The van der Waals surface area contributed by atoms with E-state index in [-0.39, 0.29) is 11.2 Å². The van der Waals surface area contributed by atoms with Crippen molar-refractivity contribution in [1.29, 1.82) is 0 Å². The standard InChI is InChI=1S/C47H33NO2/c1-46(2)39-21-11-12-22-41(39)48(42-28-36-33-16-8-13-23-43(33)50-44(36)29-40(42)46)32-26-24-31(25-27-32)47(30-14-4-3-5-15-30)37-19-9-6-17-34(37)45(49)35-18-7-10-20-38(35)47/h3-29H,1-2H3. The quantitative estimate of drug-likeness (QED) is 0.192. The first-order valence-corrected chi connectivity index (χ1v) is 17.2. The second kappa shape index (κ2) is 10.4. The molecule has 2 heterocycles. The molecule has 238 valence electrons. The fraction of sp³-hybridized carbons (Fsp3) is 0.0851. The second-order valence-corrected chi connectivity index (χ2v) is 14.0. The molecule has 1 aliphatic heterocycles. The molecule has 0 bridgehead atoms. The van der Waals surface area contributed by atoms with E-state index in [1.54, 1.807) is 0 Å². The minimum Gasteiger partial charge on any atom is -0.456 e. The molecule has 0 atom stereocenters. The average molecular weight is 644 g/mol. The highest BCUT2D eigenvalue weighted by Gasteiger charge is 2.46. The Morgan fingerprint density at radius 1 is 0.480 bits per heavy atom. The van der Waals surface area contributed by atoms with Crippen LogP contribution in [0.4, 0.5) is 17.1 Å². The Labute approximate surface area is 291 Å². The molecule has 0 radical (unpaired) electrons. The first kappa shape index (κ1) is 28.8. The van der Waals surface area contributed by atoms with E-state index in [0.717, 1.165) is 66.7 Å². The van der Waals surface area contributed by atoms with E-state index in [1.165, 1.54) is 16.8 Å². The van der Waals surface area contributed by atoms with Crippen LogP contribution < -0.4 is 4.90 Å². The fourth-order valence-electron chi connectivity index (χ4n) is 8.84. The van der Waals surface area contributed by atoms with Gasteiger partial charge in [0, 0.05) is 33.0 Å². The summed E-state index contributed by atoms with van der Waals surface area (Å²) in [5.74, 6) is 0.0709. The SMILES string of the molecule is CC1(C)c2ccccc2N(c2ccc(C3(c4ccccc4)c4ccccc4C(=O)c4ccccc43)cc2)c2cc3c(cc21)oc1ccccc13. The van der Waals surface area contributed by atoms with E-state index < -0.39 is 5.41 Å². The van der Waals surface area contributed by atoms with Crippen LogP contribution >= 0.6 is 0 Å². The van der Waals surface area contributed by atoms with Crippen LogP contribution in [0.15, 0.2) is 168 Å². The zero-order chi connectivity index (χ0) is 33.6. The van der Waals surface area contributed by atoms with E-state index in [2.05, 4.69) is 146 Å². The number of fused-ring (bicyclic) bond motifs is 7. The predicted molar refractivity (Wildman–Crippen MR) is 202 cm³/mol. The summed E-state index contributed by atoms with van der Waals surface area (Å²) in [7, 11) is 0. The van der Waals surface area contributed by atoms with Crippen LogP contribution in [0, 0.1) is 0 Å². The lowest BCUT2D eigenvalue weighted by molar-refractivity contribution is 0.103. The summed E-state index contributed by atoms with van der Waals surface area (Å²) < 4.78 is 6.40. The van der Waals surface area contributed by atoms with Crippen LogP contribution in [0.5, 0.6) is 0 Å². The first-order valence-electron chi connectivity index (χ1n) is 17.2. The summed E-state index contributed by atoms with van der Waals surface area (Å²) in [6.45, 7) is 4.62. The summed E-state index contributed by atoms with van der Waals surface area (Å²) in [6.07, 6.45) is 0. The van der Waals surface area contributed by atoms with E-state index in [0.29, 0.717) is 0 Å². The van der Waals surface area contributed by atoms with Crippen molar-refractivity contribution in [1.82, 2.24) is 0 Å².